The number of hydrogen-bond donors (Lipinski definition) is 3. The zero-order valence-corrected chi connectivity index (χ0v) is 25.8. The Morgan fingerprint density at radius 2 is 1.76 bits per heavy atom. The molecule has 224 valence electrons. The summed E-state index contributed by atoms with van der Waals surface area (Å²) >= 11 is 0. The summed E-state index contributed by atoms with van der Waals surface area (Å²) in [5.41, 5.74) is 4.26. The van der Waals surface area contributed by atoms with Crippen molar-refractivity contribution in [2.24, 2.45) is 0 Å². The SMILES string of the molecule is CCc1ccc(S(=O)(=O)N[C@@H]2c3cc(C(=O)N4CCC[C@@H]4CNc4c(C)cccc4C)ccc3OC(C)(C)[C@H]2O)cc1. The van der Waals surface area contributed by atoms with Crippen LogP contribution in [0.4, 0.5) is 5.69 Å². The molecule has 3 aromatic rings. The molecule has 0 radical (unpaired) electrons. The van der Waals surface area contributed by atoms with Crippen molar-refractivity contribution in [1.29, 1.82) is 0 Å². The van der Waals surface area contributed by atoms with Crippen molar-refractivity contribution < 1.29 is 23.1 Å². The molecule has 42 heavy (non-hydrogen) atoms. The first-order valence-electron chi connectivity index (χ1n) is 14.6. The number of ether oxygens (including phenoxy) is 1. The van der Waals surface area contributed by atoms with Crippen LogP contribution >= 0.6 is 0 Å². The minimum absolute atomic E-state index is 0.0219. The predicted molar refractivity (Wildman–Crippen MR) is 165 cm³/mol. The number of likely N-dealkylation sites (tertiary alicyclic amines) is 1. The van der Waals surface area contributed by atoms with Crippen LogP contribution in [0.3, 0.4) is 0 Å². The van der Waals surface area contributed by atoms with Crippen molar-refractivity contribution in [3.05, 3.63) is 88.5 Å². The van der Waals surface area contributed by atoms with Crippen molar-refractivity contribution in [2.75, 3.05) is 18.4 Å². The van der Waals surface area contributed by atoms with E-state index >= 15 is 0 Å². The number of carbonyl (C=O) groups excluding carboxylic acids is 1. The molecule has 0 aromatic heterocycles. The molecule has 8 nitrogen and oxygen atoms in total. The highest BCUT2D eigenvalue weighted by Gasteiger charge is 2.45. The Morgan fingerprint density at radius 1 is 1.07 bits per heavy atom. The van der Waals surface area contributed by atoms with Crippen LogP contribution in [0.2, 0.25) is 0 Å². The van der Waals surface area contributed by atoms with Gasteiger partial charge in [0.25, 0.3) is 5.91 Å². The highest BCUT2D eigenvalue weighted by molar-refractivity contribution is 7.89. The summed E-state index contributed by atoms with van der Waals surface area (Å²) in [6.45, 7) is 10.9. The number of fused-ring (bicyclic) bond motifs is 1. The molecule has 9 heteroatoms. The van der Waals surface area contributed by atoms with Gasteiger partial charge in [0.15, 0.2) is 0 Å². The second-order valence-electron chi connectivity index (χ2n) is 11.9. The Hall–Kier alpha value is -3.40. The fraction of sp³-hybridized carbons (Fsp3) is 0.424. The molecule has 3 aromatic carbocycles. The number of nitrogens with zero attached hydrogens (tertiary/aromatic N) is 1. The van der Waals surface area contributed by atoms with Crippen molar-refractivity contribution in [1.82, 2.24) is 9.62 Å². The lowest BCUT2D eigenvalue weighted by molar-refractivity contribution is -0.0603. The largest absolute Gasteiger partial charge is 0.485 e. The molecule has 5 rings (SSSR count). The number of aryl methyl sites for hydroxylation is 3. The smallest absolute Gasteiger partial charge is 0.254 e. The maximum atomic E-state index is 13.8. The number of rotatable bonds is 8. The van der Waals surface area contributed by atoms with Gasteiger partial charge < -0.3 is 20.1 Å². The molecule has 0 spiro atoms. The van der Waals surface area contributed by atoms with Crippen LogP contribution in [0.5, 0.6) is 5.75 Å². The summed E-state index contributed by atoms with van der Waals surface area (Å²) in [5.74, 6) is 0.310. The summed E-state index contributed by atoms with van der Waals surface area (Å²) in [5, 5.41) is 14.8. The molecule has 1 fully saturated rings. The van der Waals surface area contributed by atoms with E-state index in [1.807, 2.05) is 17.9 Å². The highest BCUT2D eigenvalue weighted by atomic mass is 32.2. The summed E-state index contributed by atoms with van der Waals surface area (Å²) in [6.07, 6.45) is 1.40. The van der Waals surface area contributed by atoms with E-state index in [9.17, 15) is 18.3 Å². The molecule has 0 saturated carbocycles. The molecule has 2 aliphatic heterocycles. The Bertz CT molecular complexity index is 1550. The van der Waals surface area contributed by atoms with E-state index in [4.69, 9.17) is 4.74 Å². The quantitative estimate of drug-likeness (QED) is 0.335. The number of aliphatic hydroxyl groups excluding tert-OH is 1. The molecule has 0 unspecified atom stereocenters. The third-order valence-electron chi connectivity index (χ3n) is 8.55. The molecule has 2 heterocycles. The summed E-state index contributed by atoms with van der Waals surface area (Å²) < 4.78 is 35.7. The van der Waals surface area contributed by atoms with Gasteiger partial charge >= 0.3 is 0 Å². The highest BCUT2D eigenvalue weighted by Crippen LogP contribution is 2.41. The predicted octanol–water partition coefficient (Wildman–Crippen LogP) is 5.13. The fourth-order valence-corrected chi connectivity index (χ4v) is 7.22. The van der Waals surface area contributed by atoms with Crippen LogP contribution in [-0.4, -0.2) is 55.2 Å². The van der Waals surface area contributed by atoms with Crippen LogP contribution in [0, 0.1) is 13.8 Å². The molecular formula is C33H41N3O5S. The lowest BCUT2D eigenvalue weighted by Crippen LogP contribution is -2.53. The number of amides is 1. The second-order valence-corrected chi connectivity index (χ2v) is 13.7. The second kappa shape index (κ2) is 11.7. The van der Waals surface area contributed by atoms with E-state index in [1.165, 1.54) is 0 Å². The average Bonchev–Trinajstić information content (AvgIpc) is 3.43. The van der Waals surface area contributed by atoms with Gasteiger partial charge in [0.05, 0.1) is 10.9 Å². The van der Waals surface area contributed by atoms with Crippen LogP contribution in [0.25, 0.3) is 0 Å². The lowest BCUT2D eigenvalue weighted by Gasteiger charge is -2.42. The van der Waals surface area contributed by atoms with Crippen LogP contribution in [0.1, 0.15) is 72.3 Å². The van der Waals surface area contributed by atoms with Crippen molar-refractivity contribution in [3.8, 4) is 5.75 Å². The van der Waals surface area contributed by atoms with Gasteiger partial charge in [-0.3, -0.25) is 4.79 Å². The van der Waals surface area contributed by atoms with Crippen molar-refractivity contribution in [2.45, 2.75) is 82.6 Å². The van der Waals surface area contributed by atoms with Gasteiger partial charge in [-0.2, -0.15) is 0 Å². The first kappa shape index (κ1) is 30.1. The van der Waals surface area contributed by atoms with E-state index in [0.717, 1.165) is 41.6 Å². The molecular weight excluding hydrogens is 550 g/mol. The lowest BCUT2D eigenvalue weighted by atomic mass is 9.86. The Kier molecular flexibility index (Phi) is 8.38. The standard InChI is InChI=1S/C33H41N3O5S/c1-6-23-12-15-26(16-13-23)42(39,40)35-30-27-19-24(14-17-28(27)41-33(4,5)31(30)37)32(38)36-18-8-11-25(36)20-34-29-21(2)9-7-10-22(29)3/h7,9-10,12-17,19,25,30-31,34-35,37H,6,8,11,18,20H2,1-5H3/t25-,30-,31+/m1/s1. The van der Waals surface area contributed by atoms with E-state index in [-0.39, 0.29) is 16.8 Å². The van der Waals surface area contributed by atoms with Gasteiger partial charge in [0.2, 0.25) is 10.0 Å². The van der Waals surface area contributed by atoms with Crippen LogP contribution in [-0.2, 0) is 16.4 Å². The van der Waals surface area contributed by atoms with Crippen LogP contribution in [0.15, 0.2) is 65.6 Å². The number of nitrogens with one attached hydrogen (secondary N) is 2. The summed E-state index contributed by atoms with van der Waals surface area (Å²) in [7, 11) is -3.98. The van der Waals surface area contributed by atoms with E-state index in [1.54, 1.807) is 56.3 Å². The first-order chi connectivity index (χ1) is 19.9. The monoisotopic (exact) mass is 591 g/mol. The van der Waals surface area contributed by atoms with Crippen molar-refractivity contribution in [3.63, 3.8) is 0 Å². The Balaban J connectivity index is 1.41. The molecule has 0 aliphatic carbocycles. The number of benzene rings is 3. The van der Waals surface area contributed by atoms with E-state index in [0.29, 0.717) is 30.0 Å². The molecule has 2 aliphatic rings. The minimum Gasteiger partial charge on any atom is -0.485 e. The number of aliphatic hydroxyl groups is 1. The number of hydrogen-bond acceptors (Lipinski definition) is 6. The minimum atomic E-state index is -3.98. The van der Waals surface area contributed by atoms with Gasteiger partial charge in [-0.15, -0.1) is 0 Å². The fourth-order valence-electron chi connectivity index (χ4n) is 5.99. The maximum absolute atomic E-state index is 13.8. The van der Waals surface area contributed by atoms with Gasteiger partial charge in [-0.05, 0) is 94.0 Å². The zero-order valence-electron chi connectivity index (χ0n) is 25.0. The number of carbonyl (C=O) groups is 1. The molecule has 3 N–H and O–H groups in total. The molecule has 3 atom stereocenters. The third kappa shape index (κ3) is 5.91. The normalized spacial score (nSPS) is 21.5. The van der Waals surface area contributed by atoms with Gasteiger partial charge in [-0.25, -0.2) is 13.1 Å². The zero-order chi connectivity index (χ0) is 30.2. The van der Waals surface area contributed by atoms with Crippen LogP contribution < -0.4 is 14.8 Å². The molecule has 1 amide bonds. The maximum Gasteiger partial charge on any atom is 0.254 e. The molecule has 1 saturated heterocycles. The van der Waals surface area contributed by atoms with Gasteiger partial charge in [-0.1, -0.05) is 37.3 Å². The average molecular weight is 592 g/mol. The van der Waals surface area contributed by atoms with E-state index in [2.05, 4.69) is 36.0 Å². The van der Waals surface area contributed by atoms with Gasteiger partial charge in [0.1, 0.15) is 17.5 Å². The van der Waals surface area contributed by atoms with Crippen molar-refractivity contribution >= 4 is 21.6 Å². The number of para-hydroxylation sites is 1. The summed E-state index contributed by atoms with van der Waals surface area (Å²) in [6, 6.07) is 17.0. The number of sulfonamides is 1. The topological polar surface area (TPSA) is 108 Å². The number of anilines is 1. The first-order valence-corrected chi connectivity index (χ1v) is 16.1. The Labute approximate surface area is 249 Å². The Morgan fingerprint density at radius 3 is 2.43 bits per heavy atom. The van der Waals surface area contributed by atoms with Gasteiger partial charge in [0, 0.05) is 35.9 Å². The summed E-state index contributed by atoms with van der Waals surface area (Å²) in [4.78, 5) is 15.8. The molecule has 0 bridgehead atoms. The van der Waals surface area contributed by atoms with E-state index < -0.39 is 27.8 Å². The third-order valence-corrected chi connectivity index (χ3v) is 10.0.